The van der Waals surface area contributed by atoms with Crippen LogP contribution < -0.4 is 10.6 Å². The number of rotatable bonds is 9. The van der Waals surface area contributed by atoms with E-state index in [9.17, 15) is 30.0 Å². The van der Waals surface area contributed by atoms with E-state index in [0.717, 1.165) is 5.69 Å². The van der Waals surface area contributed by atoms with Gasteiger partial charge in [0, 0.05) is 30.3 Å². The molecule has 1 unspecified atom stereocenters. The molecule has 1 amide bonds. The molecule has 4 atom stereocenters. The number of hydrogen-bond acceptors (Lipinski definition) is 9. The molecule has 1 aliphatic carbocycles. The smallest absolute Gasteiger partial charge is 0.253 e. The topological polar surface area (TPSA) is 160 Å². The average Bonchev–Trinajstić information content (AvgIpc) is 3.43. The molecular formula is C27H39N3O7. The van der Waals surface area contributed by atoms with Crippen molar-refractivity contribution in [2.75, 3.05) is 32.1 Å². The lowest BCUT2D eigenvalue weighted by Gasteiger charge is -2.38. The lowest BCUT2D eigenvalue weighted by atomic mass is 9.70. The third-order valence-corrected chi connectivity index (χ3v) is 7.74. The monoisotopic (exact) mass is 517 g/mol. The first-order valence-electron chi connectivity index (χ1n) is 12.5. The Balaban J connectivity index is 2.28. The number of allylic oxidation sites excluding steroid dienone is 1. The molecule has 3 rings (SSSR count). The zero-order valence-electron chi connectivity index (χ0n) is 22.8. The minimum Gasteiger partial charge on any atom is -0.510 e. The number of nitrogens with two attached hydrogens (primary N) is 1. The fraction of sp³-hybridized carbons (Fsp3) is 0.556. The molecule has 0 aromatic heterocycles. The Morgan fingerprint density at radius 1 is 1.16 bits per heavy atom. The molecule has 10 heteroatoms. The van der Waals surface area contributed by atoms with Gasteiger partial charge in [0.1, 0.15) is 22.8 Å². The van der Waals surface area contributed by atoms with Crippen molar-refractivity contribution in [3.63, 3.8) is 0 Å². The molecule has 0 radical (unpaired) electrons. The second-order valence-electron chi connectivity index (χ2n) is 10.3. The summed E-state index contributed by atoms with van der Waals surface area (Å²) in [7, 11) is 3.32. The number of aliphatic hydroxyl groups is 3. The van der Waals surface area contributed by atoms with Gasteiger partial charge in [0.05, 0.1) is 11.6 Å². The summed E-state index contributed by atoms with van der Waals surface area (Å²) in [5, 5.41) is 44.7. The van der Waals surface area contributed by atoms with Gasteiger partial charge in [-0.25, -0.2) is 0 Å². The Kier molecular flexibility index (Phi) is 7.44. The first-order valence-corrected chi connectivity index (χ1v) is 12.5. The van der Waals surface area contributed by atoms with Crippen LogP contribution in [0.25, 0.3) is 0 Å². The van der Waals surface area contributed by atoms with Gasteiger partial charge in [-0.1, -0.05) is 20.8 Å². The number of aliphatic hydroxyl groups excluding tert-OH is 2. The van der Waals surface area contributed by atoms with Crippen molar-refractivity contribution >= 4 is 17.4 Å². The number of fused-ring (bicyclic) bond motifs is 1. The van der Waals surface area contributed by atoms with Crippen LogP contribution in [0, 0.1) is 18.8 Å². The summed E-state index contributed by atoms with van der Waals surface area (Å²) >= 11 is 0. The number of Topliss-reactive ketones (excluding diaryl/α,β-unsaturated/α-hetero) is 1. The number of hydrogen-bond donors (Lipinski definition) is 5. The van der Waals surface area contributed by atoms with Gasteiger partial charge in [0.25, 0.3) is 5.91 Å². The van der Waals surface area contributed by atoms with Crippen LogP contribution >= 0.6 is 0 Å². The standard InChI is InChI=1S/C27H39N3O7/c1-9-30(10-2)16-11-12-17(31)19(14(16)5)22(32)18(13(3)4)24(34)26-15(6)21(29(7)8)23(33)20(25(28)35)27(26,36)37-26/h11-13,15,21,31,33-34,36H,9-10H2,1-8H3,(H2,28,35)/b24-18-/t15-,21-,26-,27?/m0/s1. The Morgan fingerprint density at radius 2 is 1.73 bits per heavy atom. The van der Waals surface area contributed by atoms with E-state index in [2.05, 4.69) is 0 Å². The van der Waals surface area contributed by atoms with Crippen molar-refractivity contribution in [3.05, 3.63) is 45.9 Å². The molecule has 0 saturated carbocycles. The van der Waals surface area contributed by atoms with Gasteiger partial charge in [-0.05, 0) is 58.5 Å². The maximum atomic E-state index is 14.0. The number of phenolic OH excluding ortho intramolecular Hbond substituents is 1. The number of carbonyl (C=O) groups is 2. The highest BCUT2D eigenvalue weighted by Gasteiger charge is 2.82. The van der Waals surface area contributed by atoms with Crippen LogP contribution in [0.15, 0.2) is 34.8 Å². The second-order valence-corrected chi connectivity index (χ2v) is 10.3. The van der Waals surface area contributed by atoms with Gasteiger partial charge in [-0.15, -0.1) is 0 Å². The van der Waals surface area contributed by atoms with Crippen LogP contribution in [0.2, 0.25) is 0 Å². The van der Waals surface area contributed by atoms with E-state index in [1.54, 1.807) is 52.8 Å². The predicted molar refractivity (Wildman–Crippen MR) is 139 cm³/mol. The van der Waals surface area contributed by atoms with Gasteiger partial charge in [0.2, 0.25) is 5.79 Å². The van der Waals surface area contributed by atoms with Gasteiger partial charge in [-0.2, -0.15) is 0 Å². The van der Waals surface area contributed by atoms with Crippen LogP contribution in [0.1, 0.15) is 50.5 Å². The zero-order valence-corrected chi connectivity index (χ0v) is 22.8. The molecule has 1 aromatic rings. The Labute approximate surface area is 217 Å². The number of ether oxygens (including phenoxy) is 1. The number of nitrogens with zero attached hydrogens (tertiary/aromatic N) is 2. The molecule has 1 fully saturated rings. The summed E-state index contributed by atoms with van der Waals surface area (Å²) in [5.41, 5.74) is 4.30. The molecule has 1 saturated heterocycles. The number of epoxide rings is 1. The van der Waals surface area contributed by atoms with Crippen molar-refractivity contribution in [2.45, 2.75) is 59.0 Å². The minimum absolute atomic E-state index is 0.0291. The zero-order chi connectivity index (χ0) is 28.2. The summed E-state index contributed by atoms with van der Waals surface area (Å²) in [6.07, 6.45) is 0. The third-order valence-electron chi connectivity index (χ3n) is 7.74. The fourth-order valence-electron chi connectivity index (χ4n) is 5.89. The maximum Gasteiger partial charge on any atom is 0.253 e. The molecule has 0 bridgehead atoms. The lowest BCUT2D eigenvalue weighted by molar-refractivity contribution is -0.117. The largest absolute Gasteiger partial charge is 0.510 e. The van der Waals surface area contributed by atoms with E-state index < -0.39 is 58.0 Å². The molecule has 1 heterocycles. The molecule has 37 heavy (non-hydrogen) atoms. The van der Waals surface area contributed by atoms with Crippen molar-refractivity contribution in [1.82, 2.24) is 4.90 Å². The number of carbonyl (C=O) groups excluding carboxylic acids is 2. The number of benzene rings is 1. The highest BCUT2D eigenvalue weighted by molar-refractivity contribution is 6.13. The Bertz CT molecular complexity index is 1180. The summed E-state index contributed by atoms with van der Waals surface area (Å²) in [5.74, 6) is -6.77. The number of primary amides is 1. The number of aromatic hydroxyl groups is 1. The van der Waals surface area contributed by atoms with Crippen LogP contribution in [-0.2, 0) is 9.53 Å². The highest BCUT2D eigenvalue weighted by Crippen LogP contribution is 2.64. The minimum atomic E-state index is -2.42. The van der Waals surface area contributed by atoms with Gasteiger partial charge in [-0.3, -0.25) is 14.5 Å². The van der Waals surface area contributed by atoms with Crippen molar-refractivity contribution < 1.29 is 34.8 Å². The lowest BCUT2D eigenvalue weighted by Crippen LogP contribution is -2.54. The molecule has 6 N–H and O–H groups in total. The third kappa shape index (κ3) is 3.98. The molecule has 2 aliphatic rings. The summed E-state index contributed by atoms with van der Waals surface area (Å²) < 4.78 is 5.71. The second kappa shape index (κ2) is 9.66. The Hall–Kier alpha value is -3.08. The quantitative estimate of drug-likeness (QED) is 0.143. The van der Waals surface area contributed by atoms with E-state index in [-0.39, 0.29) is 16.9 Å². The SMILES string of the molecule is CCN(CC)c1ccc(O)c(C(=O)/C(=C(\O)[C@]23OC2(O)C(C(N)=O)=C(O)[C@@H](N(C)C)[C@@H]3C)C(C)C)c1C. The number of ketones is 1. The summed E-state index contributed by atoms with van der Waals surface area (Å²) in [4.78, 5) is 30.0. The first-order chi connectivity index (χ1) is 17.1. The normalized spacial score (nSPS) is 27.8. The van der Waals surface area contributed by atoms with Crippen molar-refractivity contribution in [1.29, 1.82) is 0 Å². The van der Waals surface area contributed by atoms with Crippen molar-refractivity contribution in [3.8, 4) is 5.75 Å². The number of likely N-dealkylation sites (N-methyl/N-ethyl adjacent to an activating group) is 1. The van der Waals surface area contributed by atoms with E-state index in [0.29, 0.717) is 18.7 Å². The Morgan fingerprint density at radius 3 is 2.19 bits per heavy atom. The van der Waals surface area contributed by atoms with Gasteiger partial charge >= 0.3 is 0 Å². The highest BCUT2D eigenvalue weighted by atomic mass is 16.8. The van der Waals surface area contributed by atoms with Crippen LogP contribution in [-0.4, -0.2) is 81.6 Å². The number of phenols is 1. The summed E-state index contributed by atoms with van der Waals surface area (Å²) in [6.45, 7) is 12.1. The van der Waals surface area contributed by atoms with E-state index in [1.165, 1.54) is 6.07 Å². The number of amides is 1. The average molecular weight is 518 g/mol. The van der Waals surface area contributed by atoms with E-state index in [4.69, 9.17) is 10.5 Å². The van der Waals surface area contributed by atoms with E-state index in [1.807, 2.05) is 18.7 Å². The van der Waals surface area contributed by atoms with Crippen LogP contribution in [0.5, 0.6) is 5.75 Å². The van der Waals surface area contributed by atoms with Crippen molar-refractivity contribution in [2.24, 2.45) is 17.6 Å². The number of anilines is 1. The molecular weight excluding hydrogens is 478 g/mol. The predicted octanol–water partition coefficient (Wildman–Crippen LogP) is 2.53. The molecule has 1 aromatic carbocycles. The van der Waals surface area contributed by atoms with Gasteiger partial charge < -0.3 is 35.8 Å². The van der Waals surface area contributed by atoms with Gasteiger partial charge in [0.15, 0.2) is 11.4 Å². The maximum absolute atomic E-state index is 14.0. The first kappa shape index (κ1) is 28.5. The summed E-state index contributed by atoms with van der Waals surface area (Å²) in [6, 6.07) is 2.34. The molecule has 0 spiro atoms. The molecule has 1 aliphatic heterocycles. The fourth-order valence-corrected chi connectivity index (χ4v) is 5.89. The van der Waals surface area contributed by atoms with Crippen LogP contribution in [0.4, 0.5) is 5.69 Å². The molecule has 10 nitrogen and oxygen atoms in total. The van der Waals surface area contributed by atoms with E-state index >= 15 is 0 Å². The molecule has 204 valence electrons. The van der Waals surface area contributed by atoms with Crippen LogP contribution in [0.3, 0.4) is 0 Å².